The summed E-state index contributed by atoms with van der Waals surface area (Å²) >= 11 is 0. The second kappa shape index (κ2) is 9.78. The number of nitro groups is 1. The summed E-state index contributed by atoms with van der Waals surface area (Å²) < 4.78 is 38.8. The molecule has 0 atom stereocenters. The molecule has 4 N–H and O–H groups in total. The average Bonchev–Trinajstić information content (AvgIpc) is 3.21. The van der Waals surface area contributed by atoms with Gasteiger partial charge < -0.3 is 21.1 Å². The normalized spacial score (nSPS) is 13.2. The quantitative estimate of drug-likeness (QED) is 0.425. The summed E-state index contributed by atoms with van der Waals surface area (Å²) in [7, 11) is 0. The van der Waals surface area contributed by atoms with Gasteiger partial charge in [-0.25, -0.2) is 0 Å². The van der Waals surface area contributed by atoms with Crippen LogP contribution in [0.15, 0.2) is 42.5 Å². The molecule has 1 heterocycles. The van der Waals surface area contributed by atoms with Crippen molar-refractivity contribution in [1.29, 1.82) is 0 Å². The van der Waals surface area contributed by atoms with Gasteiger partial charge in [-0.2, -0.15) is 0 Å². The Labute approximate surface area is 174 Å². The molecule has 1 fully saturated rings. The van der Waals surface area contributed by atoms with Crippen LogP contribution < -0.4 is 16.2 Å². The molecule has 31 heavy (non-hydrogen) atoms. The molecule has 2 aromatic rings. The molecular weight excluding hydrogens is 421 g/mol. The summed E-state index contributed by atoms with van der Waals surface area (Å²) in [6, 6.07) is 8.56. The topological polar surface area (TPSA) is 142 Å². The van der Waals surface area contributed by atoms with Crippen molar-refractivity contribution in [1.82, 2.24) is 4.90 Å². The van der Waals surface area contributed by atoms with Crippen molar-refractivity contribution in [2.24, 2.45) is 5.73 Å². The van der Waals surface area contributed by atoms with Crippen molar-refractivity contribution in [3.63, 3.8) is 0 Å². The molecule has 0 radical (unpaired) electrons. The van der Waals surface area contributed by atoms with E-state index in [0.717, 1.165) is 25.0 Å². The Morgan fingerprint density at radius 1 is 1.06 bits per heavy atom. The highest BCUT2D eigenvalue weighted by Gasteiger charge is 2.31. The number of carbonyl (C=O) groups is 2. The lowest BCUT2D eigenvalue weighted by Crippen LogP contribution is -2.27. The molecule has 1 aliphatic rings. The lowest BCUT2D eigenvalue weighted by atomic mass is 10.1. The van der Waals surface area contributed by atoms with Gasteiger partial charge in [0.1, 0.15) is 5.75 Å². The Bertz CT molecular complexity index is 975. The summed E-state index contributed by atoms with van der Waals surface area (Å²) in [5.41, 5.74) is 10.8. The maximum Gasteiger partial charge on any atom is 0.573 e. The van der Waals surface area contributed by atoms with Crippen LogP contribution in [0.1, 0.15) is 33.6 Å². The number of nitrogen functional groups attached to an aromatic ring is 1. The number of amides is 2. The highest BCUT2D eigenvalue weighted by atomic mass is 19.4. The number of nitro benzene ring substituents is 1. The number of halogens is 3. The van der Waals surface area contributed by atoms with Crippen LogP contribution in [0, 0.1) is 10.1 Å². The number of benzene rings is 2. The molecule has 0 bridgehead atoms. The van der Waals surface area contributed by atoms with Gasteiger partial charge in [0.05, 0.1) is 4.92 Å². The summed E-state index contributed by atoms with van der Waals surface area (Å²) in [5.74, 6) is -1.45. The lowest BCUT2D eigenvalue weighted by Gasteiger charge is -2.15. The molecule has 2 amide bonds. The van der Waals surface area contributed by atoms with Crippen molar-refractivity contribution < 1.29 is 32.4 Å². The number of nitrogens with zero attached hydrogens (tertiary/aromatic N) is 2. The van der Waals surface area contributed by atoms with E-state index in [0.29, 0.717) is 18.7 Å². The van der Waals surface area contributed by atoms with Gasteiger partial charge in [0.2, 0.25) is 5.91 Å². The zero-order valence-corrected chi connectivity index (χ0v) is 16.1. The molecule has 2 aromatic carbocycles. The Morgan fingerprint density at radius 3 is 2.26 bits per heavy atom. The third-order valence-corrected chi connectivity index (χ3v) is 4.14. The first kappa shape index (κ1) is 23.4. The van der Waals surface area contributed by atoms with Crippen LogP contribution in [0.3, 0.4) is 0 Å². The van der Waals surface area contributed by atoms with E-state index in [4.69, 9.17) is 11.5 Å². The Balaban J connectivity index is 0.000000225. The molecule has 0 unspecified atom stereocenters. The van der Waals surface area contributed by atoms with E-state index in [1.165, 1.54) is 30.3 Å². The molecule has 0 spiro atoms. The lowest BCUT2D eigenvalue weighted by molar-refractivity contribution is -0.384. The fraction of sp³-hybridized carbons (Fsp3) is 0.263. The van der Waals surface area contributed by atoms with E-state index in [2.05, 4.69) is 4.74 Å². The number of likely N-dealkylation sites (tertiary alicyclic amines) is 1. The standard InChI is InChI=1S/C11H13N3O3.C8H6F3NO2/c12-9-5-8(6-10(7-9)14(16)17)11(15)13-3-1-2-4-13;9-8(10,11)14-6-3-1-2-5(4-6)7(12)13/h5-7H,1-4,12H2;1-4H,(H2,12,13). The number of primary amides is 1. The monoisotopic (exact) mass is 440 g/mol. The van der Waals surface area contributed by atoms with Gasteiger partial charge >= 0.3 is 6.36 Å². The molecular formula is C19H19F3N4O5. The van der Waals surface area contributed by atoms with Crippen molar-refractivity contribution in [3.8, 4) is 5.75 Å². The number of alkyl halides is 3. The van der Waals surface area contributed by atoms with E-state index in [-0.39, 0.29) is 22.8 Å². The molecule has 1 saturated heterocycles. The number of hydrogen-bond acceptors (Lipinski definition) is 6. The van der Waals surface area contributed by atoms with Crippen molar-refractivity contribution >= 4 is 23.2 Å². The average molecular weight is 440 g/mol. The van der Waals surface area contributed by atoms with Crippen LogP contribution in [0.4, 0.5) is 24.5 Å². The van der Waals surface area contributed by atoms with Crippen LogP contribution in [-0.2, 0) is 0 Å². The third kappa shape index (κ3) is 7.17. The molecule has 0 saturated carbocycles. The zero-order valence-electron chi connectivity index (χ0n) is 16.1. The zero-order chi connectivity index (χ0) is 23.2. The van der Waals surface area contributed by atoms with E-state index in [1.54, 1.807) is 4.90 Å². The minimum Gasteiger partial charge on any atom is -0.406 e. The van der Waals surface area contributed by atoms with E-state index < -0.39 is 22.9 Å². The molecule has 3 rings (SSSR count). The smallest absolute Gasteiger partial charge is 0.406 e. The van der Waals surface area contributed by atoms with Crippen molar-refractivity contribution in [2.45, 2.75) is 19.2 Å². The van der Waals surface area contributed by atoms with Crippen LogP contribution >= 0.6 is 0 Å². The van der Waals surface area contributed by atoms with Gasteiger partial charge in [-0.15, -0.1) is 13.2 Å². The second-order valence-electron chi connectivity index (χ2n) is 6.51. The molecule has 1 aliphatic heterocycles. The van der Waals surface area contributed by atoms with Gasteiger partial charge in [-0.3, -0.25) is 19.7 Å². The van der Waals surface area contributed by atoms with E-state index >= 15 is 0 Å². The van der Waals surface area contributed by atoms with Crippen LogP contribution in [0.2, 0.25) is 0 Å². The highest BCUT2D eigenvalue weighted by molar-refractivity contribution is 5.96. The minimum absolute atomic E-state index is 0.0354. The first-order chi connectivity index (χ1) is 14.5. The van der Waals surface area contributed by atoms with Crippen molar-refractivity contribution in [2.75, 3.05) is 18.8 Å². The summed E-state index contributed by atoms with van der Waals surface area (Å²) in [5, 5.41) is 10.7. The van der Waals surface area contributed by atoms with Gasteiger partial charge in [-0.1, -0.05) is 6.07 Å². The number of non-ortho nitro benzene ring substituents is 1. The maximum atomic E-state index is 12.0. The predicted molar refractivity (Wildman–Crippen MR) is 104 cm³/mol. The molecule has 9 nitrogen and oxygen atoms in total. The van der Waals surface area contributed by atoms with Crippen LogP contribution in [0.25, 0.3) is 0 Å². The van der Waals surface area contributed by atoms with Crippen molar-refractivity contribution in [3.05, 3.63) is 63.7 Å². The number of anilines is 1. The summed E-state index contributed by atoms with van der Waals surface area (Å²) in [6.07, 6.45) is -2.80. The fourth-order valence-corrected chi connectivity index (χ4v) is 2.81. The first-order valence-corrected chi connectivity index (χ1v) is 8.96. The minimum atomic E-state index is -4.77. The molecule has 0 aliphatic carbocycles. The number of nitrogens with two attached hydrogens (primary N) is 2. The largest absolute Gasteiger partial charge is 0.573 e. The van der Waals surface area contributed by atoms with Crippen LogP contribution in [0.5, 0.6) is 5.75 Å². The van der Waals surface area contributed by atoms with Gasteiger partial charge in [0.15, 0.2) is 0 Å². The number of rotatable bonds is 4. The molecule has 12 heteroatoms. The molecule has 0 aromatic heterocycles. The van der Waals surface area contributed by atoms with Crippen LogP contribution in [-0.4, -0.2) is 41.1 Å². The Hall–Kier alpha value is -3.83. The SMILES string of the molecule is NC(=O)c1cccc(OC(F)(F)F)c1.Nc1cc(C(=O)N2CCCC2)cc([N+](=O)[O-])c1. The Morgan fingerprint density at radius 2 is 1.71 bits per heavy atom. The van der Waals surface area contributed by atoms with Gasteiger partial charge in [0.25, 0.3) is 11.6 Å². The molecule has 166 valence electrons. The van der Waals surface area contributed by atoms with Gasteiger partial charge in [0, 0.05) is 42.0 Å². The van der Waals surface area contributed by atoms with E-state index in [9.17, 15) is 32.9 Å². The highest BCUT2D eigenvalue weighted by Crippen LogP contribution is 2.23. The second-order valence-corrected chi connectivity index (χ2v) is 6.51. The number of hydrogen-bond donors (Lipinski definition) is 2. The predicted octanol–water partition coefficient (Wildman–Crippen LogP) is 3.10. The third-order valence-electron chi connectivity index (χ3n) is 4.14. The summed E-state index contributed by atoms with van der Waals surface area (Å²) in [6.45, 7) is 1.42. The maximum absolute atomic E-state index is 12.0. The van der Waals surface area contributed by atoms with Gasteiger partial charge in [-0.05, 0) is 37.1 Å². The fourth-order valence-electron chi connectivity index (χ4n) is 2.81. The number of ether oxygens (including phenoxy) is 1. The summed E-state index contributed by atoms with van der Waals surface area (Å²) in [4.78, 5) is 34.4. The number of carbonyl (C=O) groups excluding carboxylic acids is 2. The Kier molecular flexibility index (Phi) is 7.40. The first-order valence-electron chi connectivity index (χ1n) is 8.96. The van der Waals surface area contributed by atoms with E-state index in [1.807, 2.05) is 0 Å².